The average molecular weight is 286 g/mol. The molecule has 0 saturated heterocycles. The monoisotopic (exact) mass is 286 g/mol. The number of hydrogen-bond acceptors (Lipinski definition) is 4. The van der Waals surface area contributed by atoms with Gasteiger partial charge < -0.3 is 20.8 Å². The first-order chi connectivity index (χ1) is 10.3. The van der Waals surface area contributed by atoms with Crippen LogP contribution in [-0.4, -0.2) is 36.5 Å². The number of aliphatic hydroxyl groups is 2. The third-order valence-corrected chi connectivity index (χ3v) is 3.20. The molecule has 0 bridgehead atoms. The first-order valence-electron chi connectivity index (χ1n) is 7.19. The summed E-state index contributed by atoms with van der Waals surface area (Å²) >= 11 is 0. The van der Waals surface area contributed by atoms with E-state index in [0.717, 1.165) is 17.8 Å². The Kier molecular flexibility index (Phi) is 6.06. The Morgan fingerprint density at radius 1 is 0.619 bits per heavy atom. The van der Waals surface area contributed by atoms with Crippen molar-refractivity contribution >= 4 is 11.4 Å². The zero-order valence-corrected chi connectivity index (χ0v) is 12.0. The lowest BCUT2D eigenvalue weighted by molar-refractivity contribution is 0.311. The lowest BCUT2D eigenvalue weighted by Gasteiger charge is -2.08. The molecule has 0 amide bonds. The van der Waals surface area contributed by atoms with Gasteiger partial charge in [0.1, 0.15) is 0 Å². The maximum atomic E-state index is 8.77. The Morgan fingerprint density at radius 2 is 1.00 bits per heavy atom. The summed E-state index contributed by atoms with van der Waals surface area (Å²) in [5.74, 6) is 0. The van der Waals surface area contributed by atoms with Gasteiger partial charge in [0.05, 0.1) is 13.2 Å². The molecule has 4 nitrogen and oxygen atoms in total. The molecular weight excluding hydrogens is 264 g/mol. The fourth-order valence-electron chi connectivity index (χ4n) is 2.12. The maximum absolute atomic E-state index is 8.77. The molecule has 0 spiro atoms. The maximum Gasteiger partial charge on any atom is 0.0604 e. The number of nitrogens with one attached hydrogen (secondary N) is 2. The van der Waals surface area contributed by atoms with E-state index in [4.69, 9.17) is 10.2 Å². The van der Waals surface area contributed by atoms with Gasteiger partial charge in [0.25, 0.3) is 0 Å². The normalized spacial score (nSPS) is 10.4. The minimum atomic E-state index is 0.137. The van der Waals surface area contributed by atoms with Crippen LogP contribution in [0.4, 0.5) is 11.4 Å². The van der Waals surface area contributed by atoms with Crippen molar-refractivity contribution in [2.24, 2.45) is 0 Å². The molecule has 2 aromatic rings. The highest BCUT2D eigenvalue weighted by molar-refractivity contribution is 5.47. The molecule has 2 rings (SSSR count). The van der Waals surface area contributed by atoms with Crippen LogP contribution in [0.25, 0.3) is 0 Å². The molecule has 4 heteroatoms. The number of benzene rings is 2. The number of hydrogen-bond donors (Lipinski definition) is 4. The second-order valence-corrected chi connectivity index (χ2v) is 4.87. The molecule has 0 unspecified atom stereocenters. The van der Waals surface area contributed by atoms with E-state index in [2.05, 4.69) is 34.9 Å². The van der Waals surface area contributed by atoms with Crippen molar-refractivity contribution in [3.8, 4) is 0 Å². The summed E-state index contributed by atoms with van der Waals surface area (Å²) in [4.78, 5) is 0. The van der Waals surface area contributed by atoms with E-state index in [1.807, 2.05) is 24.3 Å². The van der Waals surface area contributed by atoms with E-state index >= 15 is 0 Å². The van der Waals surface area contributed by atoms with Crippen LogP contribution >= 0.6 is 0 Å². The van der Waals surface area contributed by atoms with Crippen LogP contribution in [0.15, 0.2) is 48.5 Å². The van der Waals surface area contributed by atoms with Crippen LogP contribution in [-0.2, 0) is 6.42 Å². The highest BCUT2D eigenvalue weighted by Gasteiger charge is 1.98. The molecule has 112 valence electrons. The second-order valence-electron chi connectivity index (χ2n) is 4.87. The van der Waals surface area contributed by atoms with Crippen molar-refractivity contribution in [3.63, 3.8) is 0 Å². The molecule has 0 aliphatic carbocycles. The topological polar surface area (TPSA) is 64.5 Å². The summed E-state index contributed by atoms with van der Waals surface area (Å²) in [6, 6.07) is 16.5. The SMILES string of the molecule is OCCNc1ccc(Cc2ccc(NCCO)cc2)cc1. The first kappa shape index (κ1) is 15.4. The molecule has 0 atom stereocenters. The summed E-state index contributed by atoms with van der Waals surface area (Å²) in [7, 11) is 0. The highest BCUT2D eigenvalue weighted by atomic mass is 16.3. The van der Waals surface area contributed by atoms with Gasteiger partial charge in [-0.25, -0.2) is 0 Å². The van der Waals surface area contributed by atoms with Crippen LogP contribution in [0.3, 0.4) is 0 Å². The molecule has 4 N–H and O–H groups in total. The van der Waals surface area contributed by atoms with E-state index in [-0.39, 0.29) is 13.2 Å². The molecule has 2 aromatic carbocycles. The standard InChI is InChI=1S/C17H22N2O2/c20-11-9-18-16-5-1-14(2-6-16)13-15-3-7-17(8-4-15)19-10-12-21/h1-8,18-21H,9-13H2. The predicted octanol–water partition coefficient (Wildman–Crippen LogP) is 2.09. The number of aliphatic hydroxyl groups excluding tert-OH is 2. The fourth-order valence-corrected chi connectivity index (χ4v) is 2.12. The summed E-state index contributed by atoms with van der Waals surface area (Å²) in [5, 5.41) is 23.8. The van der Waals surface area contributed by atoms with Gasteiger partial charge in [-0.3, -0.25) is 0 Å². The molecule has 0 heterocycles. The minimum absolute atomic E-state index is 0.137. The molecule has 0 aliphatic heterocycles. The largest absolute Gasteiger partial charge is 0.395 e. The summed E-state index contributed by atoms with van der Waals surface area (Å²) in [6.07, 6.45) is 0.889. The quantitative estimate of drug-likeness (QED) is 0.600. The van der Waals surface area contributed by atoms with E-state index in [9.17, 15) is 0 Å². The van der Waals surface area contributed by atoms with Gasteiger partial charge >= 0.3 is 0 Å². The van der Waals surface area contributed by atoms with Gasteiger partial charge in [-0.2, -0.15) is 0 Å². The lowest BCUT2D eigenvalue weighted by atomic mass is 10.0. The van der Waals surface area contributed by atoms with E-state index in [0.29, 0.717) is 13.1 Å². The number of anilines is 2. The van der Waals surface area contributed by atoms with Crippen molar-refractivity contribution < 1.29 is 10.2 Å². The Hall–Kier alpha value is -2.04. The molecule has 0 aliphatic rings. The lowest BCUT2D eigenvalue weighted by Crippen LogP contribution is -2.05. The average Bonchev–Trinajstić information content (AvgIpc) is 2.53. The molecule has 0 radical (unpaired) electrons. The van der Waals surface area contributed by atoms with Crippen molar-refractivity contribution in [3.05, 3.63) is 59.7 Å². The second kappa shape index (κ2) is 8.29. The molecule has 0 fully saturated rings. The van der Waals surface area contributed by atoms with Gasteiger partial charge in [-0.05, 0) is 41.8 Å². The Morgan fingerprint density at radius 3 is 1.33 bits per heavy atom. The summed E-state index contributed by atoms with van der Waals surface area (Å²) in [5.41, 5.74) is 4.55. The van der Waals surface area contributed by atoms with Gasteiger partial charge in [0.15, 0.2) is 0 Å². The number of rotatable bonds is 8. The molecule has 0 aromatic heterocycles. The van der Waals surface area contributed by atoms with Gasteiger partial charge in [-0.1, -0.05) is 24.3 Å². The summed E-state index contributed by atoms with van der Waals surface area (Å²) in [6.45, 7) is 1.42. The third kappa shape index (κ3) is 5.10. The fraction of sp³-hybridized carbons (Fsp3) is 0.294. The highest BCUT2D eigenvalue weighted by Crippen LogP contribution is 2.15. The van der Waals surface area contributed by atoms with E-state index < -0.39 is 0 Å². The van der Waals surface area contributed by atoms with Crippen molar-refractivity contribution in [1.29, 1.82) is 0 Å². The Labute approximate surface area is 125 Å². The molecule has 0 saturated carbocycles. The Bertz CT molecular complexity index is 474. The van der Waals surface area contributed by atoms with Crippen molar-refractivity contribution in [2.45, 2.75) is 6.42 Å². The van der Waals surface area contributed by atoms with Crippen LogP contribution in [0.1, 0.15) is 11.1 Å². The third-order valence-electron chi connectivity index (χ3n) is 3.20. The predicted molar refractivity (Wildman–Crippen MR) is 86.8 cm³/mol. The zero-order chi connectivity index (χ0) is 14.9. The summed E-state index contributed by atoms with van der Waals surface area (Å²) < 4.78 is 0. The molecular formula is C17H22N2O2. The molecule has 21 heavy (non-hydrogen) atoms. The van der Waals surface area contributed by atoms with Crippen molar-refractivity contribution in [1.82, 2.24) is 0 Å². The Balaban J connectivity index is 1.91. The van der Waals surface area contributed by atoms with E-state index in [1.165, 1.54) is 11.1 Å². The minimum Gasteiger partial charge on any atom is -0.395 e. The van der Waals surface area contributed by atoms with Gasteiger partial charge in [-0.15, -0.1) is 0 Å². The van der Waals surface area contributed by atoms with Crippen molar-refractivity contribution in [2.75, 3.05) is 36.9 Å². The van der Waals surface area contributed by atoms with Crippen LogP contribution < -0.4 is 10.6 Å². The van der Waals surface area contributed by atoms with Crippen LogP contribution in [0.2, 0.25) is 0 Å². The van der Waals surface area contributed by atoms with Gasteiger partial charge in [0, 0.05) is 24.5 Å². The van der Waals surface area contributed by atoms with Crippen LogP contribution in [0.5, 0.6) is 0 Å². The smallest absolute Gasteiger partial charge is 0.0604 e. The van der Waals surface area contributed by atoms with E-state index in [1.54, 1.807) is 0 Å². The van der Waals surface area contributed by atoms with Gasteiger partial charge in [0.2, 0.25) is 0 Å². The zero-order valence-electron chi connectivity index (χ0n) is 12.0. The first-order valence-corrected chi connectivity index (χ1v) is 7.19. The van der Waals surface area contributed by atoms with Crippen LogP contribution in [0, 0.1) is 0 Å².